The number of carbonyl (C=O) groups excluding carboxylic acids is 1. The van der Waals surface area contributed by atoms with Gasteiger partial charge < -0.3 is 179 Å². The van der Waals surface area contributed by atoms with Crippen LogP contribution in [0.5, 0.6) is 0 Å². The lowest BCUT2D eigenvalue weighted by Gasteiger charge is -2.50. The molecule has 0 aromatic heterocycles. The van der Waals surface area contributed by atoms with E-state index < -0.39 is 255 Å². The van der Waals surface area contributed by atoms with Gasteiger partial charge in [0.15, 0.2) is 44.0 Å². The second-order valence-electron chi connectivity index (χ2n) is 19.2. The van der Waals surface area contributed by atoms with Gasteiger partial charge in [0.05, 0.1) is 46.2 Å². The van der Waals surface area contributed by atoms with Gasteiger partial charge in [-0.3, -0.25) is 0 Å². The zero-order valence-corrected chi connectivity index (χ0v) is 40.8. The number of aliphatic hydroxyl groups excluding tert-OH is 23. The third-order valence-corrected chi connectivity index (χ3v) is 14.1. The fourth-order valence-corrected chi connectivity index (χ4v) is 9.51. The first-order valence-electron chi connectivity index (χ1n) is 24.4. The fraction of sp³-hybridized carbons (Fsp3) is 0.976. The van der Waals surface area contributed by atoms with E-state index in [4.69, 9.17) is 56.8 Å². The summed E-state index contributed by atoms with van der Waals surface area (Å²) in [7, 11) is 0. The maximum Gasteiger partial charge on any atom is 0.187 e. The van der Waals surface area contributed by atoms with Crippen LogP contribution in [0.2, 0.25) is 0 Å². The lowest BCUT2D eigenvalue weighted by molar-refractivity contribution is -0.399. The molecule has 456 valence electrons. The highest BCUT2D eigenvalue weighted by atomic mass is 16.8. The summed E-state index contributed by atoms with van der Waals surface area (Å²) in [6, 6.07) is 0. The largest absolute Gasteiger partial charge is 0.394 e. The van der Waals surface area contributed by atoms with Crippen molar-refractivity contribution in [2.24, 2.45) is 0 Å². The molecule has 6 saturated heterocycles. The minimum Gasteiger partial charge on any atom is -0.394 e. The summed E-state index contributed by atoms with van der Waals surface area (Å²) >= 11 is 0. The van der Waals surface area contributed by atoms with Crippen molar-refractivity contribution in [3.63, 3.8) is 0 Å². The lowest BCUT2D eigenvalue weighted by Crippen LogP contribution is -2.68. The van der Waals surface area contributed by atoms with Crippen molar-refractivity contribution in [2.45, 2.75) is 209 Å². The highest BCUT2D eigenvalue weighted by molar-refractivity contribution is 5.56. The summed E-state index contributed by atoms with van der Waals surface area (Å²) < 4.78 is 66.6. The molecule has 78 heavy (non-hydrogen) atoms. The first-order valence-corrected chi connectivity index (χ1v) is 24.4. The molecule has 0 aliphatic carbocycles. The zero-order valence-electron chi connectivity index (χ0n) is 40.8. The van der Waals surface area contributed by atoms with Gasteiger partial charge >= 0.3 is 0 Å². The van der Waals surface area contributed by atoms with Gasteiger partial charge in [0.2, 0.25) is 0 Å². The standard InChI is InChI=1S/C42H72O36/c43-1-9(51)17(53)31(10(52)2-44)73-38-26(62)33(20(56)12(4-46)68-38)75-40-28(64)35(22(58)14(6-48)70-40)77-42-30(66)36(23(59)16(8-50)72-42)78-41-29(65)34(21(57)15(7-49)71-41)76-39-27(63)32(19(55)13(5-47)69-39)74-37-25(61)24(60)18(54)11(3-45)67-37/h2,9-43,45-66H,1,3-8H2/t9-,10+,11-,12-,13-,14-,15-,16-,17-,18-,19-,20-,21-,22-,23-,24+,25-,26-,27-,28-,29-,30-,31-,32+,33+,34+,35+,36+,37+,38+,39+,40+,41+,42+/m1/s1. The number of carbonyl (C=O) groups is 1. The number of hydrogen-bond donors (Lipinski definition) is 23. The van der Waals surface area contributed by atoms with Gasteiger partial charge in [-0.25, -0.2) is 0 Å². The molecule has 0 saturated carbocycles. The Morgan fingerprint density at radius 1 is 0.333 bits per heavy atom. The van der Waals surface area contributed by atoms with E-state index in [1.165, 1.54) is 0 Å². The first-order chi connectivity index (χ1) is 37.0. The average Bonchev–Trinajstić information content (AvgIpc) is 3.44. The van der Waals surface area contributed by atoms with E-state index in [-0.39, 0.29) is 6.29 Å². The molecule has 6 heterocycles. The van der Waals surface area contributed by atoms with Crippen LogP contribution in [-0.2, 0) is 61.6 Å². The minimum atomic E-state index is -2.35. The first kappa shape index (κ1) is 65.4. The molecule has 0 bridgehead atoms. The molecule has 23 N–H and O–H groups in total. The van der Waals surface area contributed by atoms with Gasteiger partial charge in [-0.15, -0.1) is 0 Å². The van der Waals surface area contributed by atoms with Crippen molar-refractivity contribution in [2.75, 3.05) is 46.2 Å². The molecule has 36 heteroatoms. The quantitative estimate of drug-likeness (QED) is 0.0423. The SMILES string of the molecule is O=C[C@H](O)[C@@H](O[C@@H]1O[C@H](CO)[C@@H](O)[C@H](O[C@@H]2O[C@H](CO)[C@@H](O)[C@H](O[C@@H]3O[C@H](CO)[C@@H](O)[C@H](O[C@@H]4O[C@H](CO)[C@@H](O)[C@H](O[C@@H]5O[C@H](CO)[C@@H](O)[C@H](O[C@@H]6O[C@H](CO)[C@@H](O)[C@H](O)[C@H]6O)[C@H]5O)[C@H]4O)[C@H]3O)[C@H]2O)[C@H]1O)[C@H](O)[C@H](O)CO. The van der Waals surface area contributed by atoms with Crippen LogP contribution in [0, 0.1) is 0 Å². The minimum absolute atomic E-state index is 0.148. The second kappa shape index (κ2) is 28.7. The lowest BCUT2D eigenvalue weighted by atomic mass is 9.95. The highest BCUT2D eigenvalue weighted by Gasteiger charge is 2.58. The zero-order chi connectivity index (χ0) is 57.8. The Kier molecular flexibility index (Phi) is 24.1. The van der Waals surface area contributed by atoms with Crippen LogP contribution in [0.1, 0.15) is 0 Å². The molecule has 0 aromatic carbocycles. The van der Waals surface area contributed by atoms with Gasteiger partial charge in [-0.2, -0.15) is 0 Å². The van der Waals surface area contributed by atoms with Crippen LogP contribution >= 0.6 is 0 Å². The van der Waals surface area contributed by atoms with Gasteiger partial charge in [-0.1, -0.05) is 0 Å². The third-order valence-electron chi connectivity index (χ3n) is 14.1. The summed E-state index contributed by atoms with van der Waals surface area (Å²) in [6.07, 6.45) is -70.4. The summed E-state index contributed by atoms with van der Waals surface area (Å²) in [6.45, 7) is -7.39. The van der Waals surface area contributed by atoms with Crippen molar-refractivity contribution in [3.05, 3.63) is 0 Å². The number of hydrogen-bond acceptors (Lipinski definition) is 36. The molecule has 0 spiro atoms. The normalized spacial score (nSPS) is 49.2. The molecular weight excluding hydrogens is 1080 g/mol. The maximum atomic E-state index is 11.7. The molecule has 0 unspecified atom stereocenters. The van der Waals surface area contributed by atoms with Gasteiger partial charge in [0, 0.05) is 0 Å². The van der Waals surface area contributed by atoms with Crippen LogP contribution in [0.3, 0.4) is 0 Å². The van der Waals surface area contributed by atoms with E-state index in [1.54, 1.807) is 0 Å². The van der Waals surface area contributed by atoms with Crippen molar-refractivity contribution >= 4 is 6.29 Å². The summed E-state index contributed by atoms with van der Waals surface area (Å²) in [5.41, 5.74) is 0. The van der Waals surface area contributed by atoms with E-state index in [1.807, 2.05) is 0 Å². The van der Waals surface area contributed by atoms with Gasteiger partial charge in [-0.05, 0) is 0 Å². The van der Waals surface area contributed by atoms with E-state index in [9.17, 15) is 122 Å². The number of ether oxygens (including phenoxy) is 12. The molecule has 0 amide bonds. The Morgan fingerprint density at radius 2 is 0.577 bits per heavy atom. The van der Waals surface area contributed by atoms with E-state index in [0.29, 0.717) is 0 Å². The molecule has 0 aromatic rings. The summed E-state index contributed by atoms with van der Waals surface area (Å²) in [5, 5.41) is 245. The van der Waals surface area contributed by atoms with E-state index in [2.05, 4.69) is 0 Å². The van der Waals surface area contributed by atoms with Gasteiger partial charge in [0.25, 0.3) is 0 Å². The fourth-order valence-electron chi connectivity index (χ4n) is 9.51. The Balaban J connectivity index is 1.19. The number of aliphatic hydroxyl groups is 23. The number of rotatable bonds is 23. The molecule has 6 aliphatic rings. The Labute approximate surface area is 439 Å². The van der Waals surface area contributed by atoms with Crippen LogP contribution in [0.15, 0.2) is 0 Å². The van der Waals surface area contributed by atoms with Crippen LogP contribution in [0.4, 0.5) is 0 Å². The Hall–Kier alpha value is -1.73. The molecule has 36 nitrogen and oxygen atoms in total. The molecule has 0 radical (unpaired) electrons. The van der Waals surface area contributed by atoms with Gasteiger partial charge in [0.1, 0.15) is 171 Å². The van der Waals surface area contributed by atoms with Crippen LogP contribution in [0.25, 0.3) is 0 Å². The molecule has 34 atom stereocenters. The van der Waals surface area contributed by atoms with Crippen molar-refractivity contribution in [1.29, 1.82) is 0 Å². The van der Waals surface area contributed by atoms with E-state index in [0.717, 1.165) is 0 Å². The predicted molar refractivity (Wildman–Crippen MR) is 233 cm³/mol. The maximum absolute atomic E-state index is 11.7. The highest BCUT2D eigenvalue weighted by Crippen LogP contribution is 2.37. The van der Waals surface area contributed by atoms with Crippen LogP contribution < -0.4 is 0 Å². The second-order valence-corrected chi connectivity index (χ2v) is 19.2. The molecule has 6 fully saturated rings. The van der Waals surface area contributed by atoms with Crippen molar-refractivity contribution in [1.82, 2.24) is 0 Å². The van der Waals surface area contributed by atoms with Crippen LogP contribution in [-0.4, -0.2) is 379 Å². The van der Waals surface area contributed by atoms with Crippen molar-refractivity contribution in [3.8, 4) is 0 Å². The Morgan fingerprint density at radius 3 is 0.833 bits per heavy atom. The average molecular weight is 1150 g/mol. The molecule has 6 aliphatic heterocycles. The molecule has 6 rings (SSSR count). The predicted octanol–water partition coefficient (Wildman–Crippen LogP) is -16.4. The van der Waals surface area contributed by atoms with E-state index >= 15 is 0 Å². The Bertz CT molecular complexity index is 1800. The number of aldehydes is 1. The summed E-state index contributed by atoms with van der Waals surface area (Å²) in [4.78, 5) is 11.5. The summed E-state index contributed by atoms with van der Waals surface area (Å²) in [5.74, 6) is 0. The third kappa shape index (κ3) is 13.8. The topological polar surface area (TPSA) is 593 Å². The molecular formula is C42H72O36. The smallest absolute Gasteiger partial charge is 0.187 e. The monoisotopic (exact) mass is 1150 g/mol. The van der Waals surface area contributed by atoms with Crippen molar-refractivity contribution < 1.29 is 179 Å².